The Hall–Kier alpha value is -3.56. The Kier molecular flexibility index (Phi) is 8.12. The number of carbonyl (C=O) groups excluding carboxylic acids is 1. The van der Waals surface area contributed by atoms with Crippen LogP contribution in [0.3, 0.4) is 0 Å². The van der Waals surface area contributed by atoms with E-state index in [0.29, 0.717) is 50.1 Å². The van der Waals surface area contributed by atoms with Gasteiger partial charge in [-0.3, -0.25) is 4.79 Å². The number of pyridine rings is 1. The average molecular weight is 529 g/mol. The molecule has 1 saturated carbocycles. The molecule has 0 saturated heterocycles. The fourth-order valence-electron chi connectivity index (χ4n) is 4.15. The number of halogens is 2. The van der Waals surface area contributed by atoms with E-state index in [9.17, 15) is 4.79 Å². The van der Waals surface area contributed by atoms with E-state index in [0.717, 1.165) is 19.3 Å². The summed E-state index contributed by atoms with van der Waals surface area (Å²) in [6.45, 7) is 3.53. The number of aromatic nitrogens is 3. The lowest BCUT2D eigenvalue weighted by molar-refractivity contribution is -0.117. The van der Waals surface area contributed by atoms with Crippen molar-refractivity contribution in [2.75, 3.05) is 24.9 Å². The molecule has 36 heavy (non-hydrogen) atoms. The van der Waals surface area contributed by atoms with Gasteiger partial charge in [-0.05, 0) is 37.5 Å². The summed E-state index contributed by atoms with van der Waals surface area (Å²) >= 11 is 13.1. The van der Waals surface area contributed by atoms with Gasteiger partial charge in [0.25, 0.3) is 0 Å². The number of benzene rings is 1. The van der Waals surface area contributed by atoms with E-state index in [2.05, 4.69) is 37.5 Å². The highest BCUT2D eigenvalue weighted by Crippen LogP contribution is 2.45. The first kappa shape index (κ1) is 25.5. The van der Waals surface area contributed by atoms with Gasteiger partial charge in [-0.25, -0.2) is 15.0 Å². The van der Waals surface area contributed by atoms with Crippen molar-refractivity contribution in [2.24, 2.45) is 0 Å². The molecule has 4 rings (SSSR count). The molecule has 0 unspecified atom stereocenters. The summed E-state index contributed by atoms with van der Waals surface area (Å²) < 4.78 is 10.7. The average Bonchev–Trinajstić information content (AvgIpc) is 3.33. The number of hydrogen-bond donors (Lipinski definition) is 3. The maximum absolute atomic E-state index is 11.8. The van der Waals surface area contributed by atoms with E-state index in [1.54, 1.807) is 12.3 Å². The number of rotatable bonds is 9. The Bertz CT molecular complexity index is 1240. The molecule has 0 bridgehead atoms. The molecule has 0 aliphatic heterocycles. The van der Waals surface area contributed by atoms with Crippen LogP contribution in [0.2, 0.25) is 10.0 Å². The van der Waals surface area contributed by atoms with E-state index in [1.807, 2.05) is 18.2 Å². The first-order chi connectivity index (χ1) is 17.4. The highest BCUT2D eigenvalue weighted by atomic mass is 35.5. The van der Waals surface area contributed by atoms with Crippen molar-refractivity contribution in [1.29, 1.82) is 0 Å². The van der Waals surface area contributed by atoms with Crippen molar-refractivity contribution < 1.29 is 14.3 Å². The van der Waals surface area contributed by atoms with Crippen LogP contribution in [-0.2, 0) is 4.79 Å². The lowest BCUT2D eigenvalue weighted by Gasteiger charge is -2.22. The molecule has 3 aromatic rings. The van der Waals surface area contributed by atoms with Crippen molar-refractivity contribution in [3.8, 4) is 22.8 Å². The van der Waals surface area contributed by atoms with Crippen LogP contribution in [0.4, 0.5) is 17.3 Å². The van der Waals surface area contributed by atoms with Gasteiger partial charge in [0.1, 0.15) is 39.5 Å². The van der Waals surface area contributed by atoms with Crippen molar-refractivity contribution in [3.05, 3.63) is 59.5 Å². The zero-order chi connectivity index (χ0) is 25.7. The molecule has 11 heteroatoms. The monoisotopic (exact) mass is 528 g/mol. The molecule has 3 N–H and O–H groups in total. The molecule has 2 heterocycles. The number of methoxy groups -OCH3 is 2. The molecule has 1 amide bonds. The molecule has 2 aromatic heterocycles. The lowest BCUT2D eigenvalue weighted by Crippen LogP contribution is -2.42. The van der Waals surface area contributed by atoms with Crippen molar-refractivity contribution >= 4 is 46.4 Å². The summed E-state index contributed by atoms with van der Waals surface area (Å²) in [4.78, 5) is 25.1. The van der Waals surface area contributed by atoms with Gasteiger partial charge in [0, 0.05) is 36.0 Å². The molecule has 9 nitrogen and oxygen atoms in total. The Morgan fingerprint density at radius 3 is 2.50 bits per heavy atom. The first-order valence-corrected chi connectivity index (χ1v) is 12.0. The Morgan fingerprint density at radius 2 is 1.81 bits per heavy atom. The molecular weight excluding hydrogens is 503 g/mol. The Balaban J connectivity index is 1.63. The Morgan fingerprint density at radius 1 is 1.08 bits per heavy atom. The van der Waals surface area contributed by atoms with Crippen LogP contribution in [-0.4, -0.2) is 47.2 Å². The van der Waals surface area contributed by atoms with Crippen LogP contribution >= 0.6 is 23.2 Å². The van der Waals surface area contributed by atoms with E-state index in [1.165, 1.54) is 26.6 Å². The van der Waals surface area contributed by atoms with Crippen molar-refractivity contribution in [2.45, 2.75) is 31.3 Å². The predicted molar refractivity (Wildman–Crippen MR) is 142 cm³/mol. The van der Waals surface area contributed by atoms with Gasteiger partial charge in [0.05, 0.1) is 25.6 Å². The van der Waals surface area contributed by atoms with Gasteiger partial charge in [-0.2, -0.15) is 0 Å². The quantitative estimate of drug-likeness (QED) is 0.323. The lowest BCUT2D eigenvalue weighted by atomic mass is 10.1. The minimum Gasteiger partial charge on any atom is -0.495 e. The minimum absolute atomic E-state index is 0.00291. The van der Waals surface area contributed by atoms with Crippen LogP contribution in [0.5, 0.6) is 11.5 Å². The molecule has 1 aromatic carbocycles. The second-order valence-corrected chi connectivity index (χ2v) is 8.85. The highest BCUT2D eigenvalue weighted by molar-refractivity contribution is 6.41. The summed E-state index contributed by atoms with van der Waals surface area (Å²) in [6, 6.07) is 7.18. The number of carbonyl (C=O) groups is 1. The van der Waals surface area contributed by atoms with Gasteiger partial charge in [0.2, 0.25) is 5.91 Å². The Labute approximate surface area is 219 Å². The molecular formula is C25H26Cl2N6O3. The second kappa shape index (κ2) is 11.5. The number of ether oxygens (including phenoxy) is 2. The summed E-state index contributed by atoms with van der Waals surface area (Å²) in [6.07, 6.45) is 7.21. The molecule has 1 aliphatic rings. The summed E-state index contributed by atoms with van der Waals surface area (Å²) in [5, 5.41) is 10.2. The fraction of sp³-hybridized carbons (Fsp3) is 0.280. The maximum Gasteiger partial charge on any atom is 0.243 e. The number of nitrogens with zero attached hydrogens (tertiary/aromatic N) is 3. The van der Waals surface area contributed by atoms with Gasteiger partial charge in [-0.1, -0.05) is 29.8 Å². The number of nitrogens with one attached hydrogen (secondary N) is 3. The molecule has 188 valence electrons. The van der Waals surface area contributed by atoms with E-state index in [-0.39, 0.29) is 18.0 Å². The second-order valence-electron chi connectivity index (χ2n) is 8.10. The van der Waals surface area contributed by atoms with Crippen molar-refractivity contribution in [1.82, 2.24) is 20.3 Å². The molecule has 2 atom stereocenters. The molecule has 1 fully saturated rings. The normalized spacial score (nSPS) is 16.8. The number of amides is 1. The van der Waals surface area contributed by atoms with Crippen LogP contribution in [0.1, 0.15) is 19.3 Å². The topological polar surface area (TPSA) is 110 Å². The van der Waals surface area contributed by atoms with Crippen molar-refractivity contribution in [3.63, 3.8) is 0 Å². The van der Waals surface area contributed by atoms with Crippen LogP contribution in [0.15, 0.2) is 49.4 Å². The van der Waals surface area contributed by atoms with Gasteiger partial charge in [-0.15, -0.1) is 0 Å². The first-order valence-electron chi connectivity index (χ1n) is 11.3. The number of hydrogen-bond acceptors (Lipinski definition) is 8. The molecule has 0 spiro atoms. The van der Waals surface area contributed by atoms with E-state index in [4.69, 9.17) is 32.7 Å². The highest BCUT2D eigenvalue weighted by Gasteiger charge is 2.28. The van der Waals surface area contributed by atoms with Crippen LogP contribution < -0.4 is 25.4 Å². The third kappa shape index (κ3) is 5.47. The maximum atomic E-state index is 11.8. The van der Waals surface area contributed by atoms with Gasteiger partial charge >= 0.3 is 0 Å². The molecule has 0 radical (unpaired) electrons. The summed E-state index contributed by atoms with van der Waals surface area (Å²) in [5.41, 5.74) is 1.74. The van der Waals surface area contributed by atoms with Gasteiger partial charge < -0.3 is 25.4 Å². The molecule has 1 aliphatic carbocycles. The van der Waals surface area contributed by atoms with Crippen LogP contribution in [0, 0.1) is 0 Å². The zero-order valence-corrected chi connectivity index (χ0v) is 21.4. The number of anilines is 3. The fourth-order valence-corrected chi connectivity index (χ4v) is 4.74. The predicted octanol–water partition coefficient (Wildman–Crippen LogP) is 5.24. The third-order valence-electron chi connectivity index (χ3n) is 5.93. The van der Waals surface area contributed by atoms with Crippen LogP contribution in [0.25, 0.3) is 11.3 Å². The SMILES string of the molecule is C=CC(=O)N[C@@H]1CCC[C@@H]1Nc1cc(-c2cccnc2Nc2c(Cl)c(OC)cc(OC)c2Cl)ncn1. The third-order valence-corrected chi connectivity index (χ3v) is 6.68. The zero-order valence-electron chi connectivity index (χ0n) is 19.8. The minimum atomic E-state index is -0.186. The van der Waals surface area contributed by atoms with E-state index >= 15 is 0 Å². The summed E-state index contributed by atoms with van der Waals surface area (Å²) in [7, 11) is 3.02. The van der Waals surface area contributed by atoms with Gasteiger partial charge in [0.15, 0.2) is 0 Å². The standard InChI is InChI=1S/C25H26Cl2N6O3/c1-4-21(34)32-16-9-5-8-15(16)31-20-11-17(29-13-30-20)14-7-6-10-28-25(14)33-24-22(26)18(35-2)12-19(36-3)23(24)27/h4,6-7,10-13,15-16H,1,5,8-9H2,2-3H3,(H,28,33)(H,32,34)(H,29,30,31)/t15-,16+/m0/s1. The van der Waals surface area contributed by atoms with E-state index < -0.39 is 0 Å². The summed E-state index contributed by atoms with van der Waals surface area (Å²) in [5.74, 6) is 1.74. The smallest absolute Gasteiger partial charge is 0.243 e. The largest absolute Gasteiger partial charge is 0.495 e.